The highest BCUT2D eigenvalue weighted by Gasteiger charge is 2.30. The summed E-state index contributed by atoms with van der Waals surface area (Å²) in [5, 5.41) is 0. The summed E-state index contributed by atoms with van der Waals surface area (Å²) in [4.78, 5) is 23.0. The number of rotatable bonds is 3. The summed E-state index contributed by atoms with van der Waals surface area (Å²) in [7, 11) is 0. The molecular formula is C14H21BrN4O2. The molecule has 0 spiro atoms. The van der Waals surface area contributed by atoms with Gasteiger partial charge in [-0.3, -0.25) is 0 Å². The van der Waals surface area contributed by atoms with Crippen LogP contribution in [-0.2, 0) is 4.74 Å². The number of aryl methyl sites for hydroxylation is 1. The van der Waals surface area contributed by atoms with Gasteiger partial charge in [0.25, 0.3) is 0 Å². The van der Waals surface area contributed by atoms with Crippen LogP contribution < -0.4 is 10.6 Å². The number of hydrogen-bond donors (Lipinski definition) is 1. The van der Waals surface area contributed by atoms with E-state index in [4.69, 9.17) is 10.5 Å². The molecule has 0 aliphatic carbocycles. The molecule has 1 aliphatic heterocycles. The van der Waals surface area contributed by atoms with Crippen LogP contribution in [0.4, 0.5) is 5.82 Å². The molecule has 7 heteroatoms. The van der Waals surface area contributed by atoms with Crippen molar-refractivity contribution in [3.05, 3.63) is 16.0 Å². The van der Waals surface area contributed by atoms with E-state index in [-0.39, 0.29) is 11.2 Å². The Morgan fingerprint density at radius 3 is 2.62 bits per heavy atom. The summed E-state index contributed by atoms with van der Waals surface area (Å²) in [6.07, 6.45) is 1.71. The van der Waals surface area contributed by atoms with Crippen molar-refractivity contribution in [2.45, 2.75) is 39.2 Å². The maximum atomic E-state index is 12.1. The Labute approximate surface area is 133 Å². The van der Waals surface area contributed by atoms with Crippen LogP contribution in [0, 0.1) is 6.92 Å². The number of nitrogens with zero attached hydrogens (tertiary/aromatic N) is 3. The molecule has 1 aliphatic rings. The number of nitrogens with two attached hydrogens (primary N) is 1. The molecule has 2 N–H and O–H groups in total. The lowest BCUT2D eigenvalue weighted by Gasteiger charge is -2.37. The Balaban J connectivity index is 2.33. The number of carbonyl (C=O) groups excluding carboxylic acids is 1. The average Bonchev–Trinajstić information content (AvgIpc) is 2.42. The quantitative estimate of drug-likeness (QED) is 0.834. The van der Waals surface area contributed by atoms with Crippen molar-refractivity contribution in [1.82, 2.24) is 9.97 Å². The SMILES string of the molecule is CCOC(=O)c1nc(Br)c(C)nc1N1CCC(C)(N)CC1. The minimum atomic E-state index is -0.443. The molecule has 0 saturated carbocycles. The van der Waals surface area contributed by atoms with Gasteiger partial charge >= 0.3 is 5.97 Å². The molecular weight excluding hydrogens is 336 g/mol. The molecule has 0 amide bonds. The lowest BCUT2D eigenvalue weighted by molar-refractivity contribution is 0.0519. The van der Waals surface area contributed by atoms with Crippen LogP contribution in [0.15, 0.2) is 4.60 Å². The number of ether oxygens (including phenoxy) is 1. The van der Waals surface area contributed by atoms with Gasteiger partial charge in [-0.15, -0.1) is 0 Å². The van der Waals surface area contributed by atoms with E-state index in [9.17, 15) is 4.79 Å². The molecule has 2 heterocycles. The fraction of sp³-hybridized carbons (Fsp3) is 0.643. The van der Waals surface area contributed by atoms with E-state index >= 15 is 0 Å². The first-order valence-corrected chi connectivity index (χ1v) is 7.88. The molecule has 0 aromatic carbocycles. The molecule has 0 bridgehead atoms. The van der Waals surface area contributed by atoms with Gasteiger partial charge in [-0.05, 0) is 49.5 Å². The van der Waals surface area contributed by atoms with E-state index in [0.717, 1.165) is 31.6 Å². The van der Waals surface area contributed by atoms with Crippen molar-refractivity contribution >= 4 is 27.7 Å². The second-order valence-corrected chi connectivity index (χ2v) is 6.38. The molecule has 1 saturated heterocycles. The number of carbonyl (C=O) groups is 1. The molecule has 116 valence electrons. The van der Waals surface area contributed by atoms with E-state index in [2.05, 4.69) is 37.7 Å². The lowest BCUT2D eigenvalue weighted by Crippen LogP contribution is -2.48. The summed E-state index contributed by atoms with van der Waals surface area (Å²) in [6, 6.07) is 0. The zero-order valence-electron chi connectivity index (χ0n) is 12.6. The normalized spacial score (nSPS) is 17.7. The fourth-order valence-electron chi connectivity index (χ4n) is 2.27. The minimum Gasteiger partial charge on any atom is -0.461 e. The average molecular weight is 357 g/mol. The van der Waals surface area contributed by atoms with Crippen molar-refractivity contribution in [1.29, 1.82) is 0 Å². The lowest BCUT2D eigenvalue weighted by atomic mass is 9.91. The number of aromatic nitrogens is 2. The van der Waals surface area contributed by atoms with Crippen LogP contribution in [0.2, 0.25) is 0 Å². The molecule has 6 nitrogen and oxygen atoms in total. The van der Waals surface area contributed by atoms with Gasteiger partial charge in [0.05, 0.1) is 12.3 Å². The summed E-state index contributed by atoms with van der Waals surface area (Å²) < 4.78 is 5.65. The second-order valence-electron chi connectivity index (χ2n) is 5.63. The van der Waals surface area contributed by atoms with Crippen LogP contribution in [0.25, 0.3) is 0 Å². The third-order valence-electron chi connectivity index (χ3n) is 3.67. The number of halogens is 1. The molecule has 0 atom stereocenters. The minimum absolute atomic E-state index is 0.154. The highest BCUT2D eigenvalue weighted by molar-refractivity contribution is 9.10. The number of hydrogen-bond acceptors (Lipinski definition) is 6. The standard InChI is InChI=1S/C14H21BrN4O2/c1-4-21-13(20)10-12(17-9(2)11(15)18-10)19-7-5-14(3,16)6-8-19/h4-8,16H2,1-3H3. The predicted octanol–water partition coefficient (Wildman–Crippen LogP) is 2.04. The van der Waals surface area contributed by atoms with Crippen molar-refractivity contribution < 1.29 is 9.53 Å². The number of anilines is 1. The smallest absolute Gasteiger partial charge is 0.360 e. The van der Waals surface area contributed by atoms with Crippen molar-refractivity contribution in [2.75, 3.05) is 24.6 Å². The third kappa shape index (κ3) is 3.71. The van der Waals surface area contributed by atoms with Crippen LogP contribution >= 0.6 is 15.9 Å². The van der Waals surface area contributed by atoms with E-state index in [0.29, 0.717) is 17.0 Å². The van der Waals surface area contributed by atoms with Crippen LogP contribution in [-0.4, -0.2) is 41.2 Å². The number of piperidine rings is 1. The highest BCUT2D eigenvalue weighted by Crippen LogP contribution is 2.27. The van der Waals surface area contributed by atoms with Gasteiger partial charge in [-0.25, -0.2) is 14.8 Å². The molecule has 2 rings (SSSR count). The number of esters is 1. The molecule has 0 radical (unpaired) electrons. The van der Waals surface area contributed by atoms with E-state index in [1.165, 1.54) is 0 Å². The van der Waals surface area contributed by atoms with Gasteiger partial charge in [-0.1, -0.05) is 0 Å². The van der Waals surface area contributed by atoms with Crippen LogP contribution in [0.1, 0.15) is 42.9 Å². The van der Waals surface area contributed by atoms with Gasteiger partial charge in [-0.2, -0.15) is 0 Å². The first kappa shape index (κ1) is 16.2. The van der Waals surface area contributed by atoms with Crippen LogP contribution in [0.3, 0.4) is 0 Å². The van der Waals surface area contributed by atoms with E-state index in [1.807, 2.05) is 6.92 Å². The Bertz CT molecular complexity index is 538. The molecule has 0 unspecified atom stereocenters. The topological polar surface area (TPSA) is 81.3 Å². The van der Waals surface area contributed by atoms with Gasteiger partial charge in [0.15, 0.2) is 11.5 Å². The first-order valence-electron chi connectivity index (χ1n) is 7.09. The largest absolute Gasteiger partial charge is 0.461 e. The van der Waals surface area contributed by atoms with Crippen LogP contribution in [0.5, 0.6) is 0 Å². The summed E-state index contributed by atoms with van der Waals surface area (Å²) >= 11 is 3.32. The second kappa shape index (κ2) is 6.27. The van der Waals surface area contributed by atoms with Crippen molar-refractivity contribution in [3.63, 3.8) is 0 Å². The maximum Gasteiger partial charge on any atom is 0.360 e. The summed E-state index contributed by atoms with van der Waals surface area (Å²) in [5.74, 6) is 0.145. The summed E-state index contributed by atoms with van der Waals surface area (Å²) in [5.41, 5.74) is 7.01. The van der Waals surface area contributed by atoms with E-state index < -0.39 is 5.97 Å². The van der Waals surface area contributed by atoms with Gasteiger partial charge in [0.2, 0.25) is 0 Å². The van der Waals surface area contributed by atoms with Gasteiger partial charge in [0.1, 0.15) is 4.60 Å². The molecule has 1 aromatic rings. The Kier molecular flexibility index (Phi) is 4.83. The summed E-state index contributed by atoms with van der Waals surface area (Å²) in [6.45, 7) is 7.51. The highest BCUT2D eigenvalue weighted by atomic mass is 79.9. The Morgan fingerprint density at radius 1 is 1.43 bits per heavy atom. The molecule has 1 fully saturated rings. The Morgan fingerprint density at radius 2 is 2.05 bits per heavy atom. The van der Waals surface area contributed by atoms with Gasteiger partial charge in [0, 0.05) is 18.6 Å². The monoisotopic (exact) mass is 356 g/mol. The zero-order valence-corrected chi connectivity index (χ0v) is 14.2. The zero-order chi connectivity index (χ0) is 15.6. The van der Waals surface area contributed by atoms with Gasteiger partial charge < -0.3 is 15.4 Å². The van der Waals surface area contributed by atoms with Crippen molar-refractivity contribution in [2.24, 2.45) is 5.73 Å². The molecule has 1 aromatic heterocycles. The van der Waals surface area contributed by atoms with Crippen molar-refractivity contribution in [3.8, 4) is 0 Å². The maximum absolute atomic E-state index is 12.1. The Hall–Kier alpha value is -1.21. The van der Waals surface area contributed by atoms with E-state index in [1.54, 1.807) is 6.92 Å². The molecule has 21 heavy (non-hydrogen) atoms. The third-order valence-corrected chi connectivity index (χ3v) is 4.42. The predicted molar refractivity (Wildman–Crippen MR) is 84.5 cm³/mol. The fourth-order valence-corrected chi connectivity index (χ4v) is 2.54. The first-order chi connectivity index (χ1) is 9.84.